The van der Waals surface area contributed by atoms with Gasteiger partial charge in [-0.05, 0) is 37.6 Å². The van der Waals surface area contributed by atoms with Crippen LogP contribution in [0.15, 0.2) is 30.3 Å². The van der Waals surface area contributed by atoms with Crippen LogP contribution < -0.4 is 10.6 Å². The number of nitrogens with one attached hydrogen (secondary N) is 2. The van der Waals surface area contributed by atoms with E-state index in [1.807, 2.05) is 0 Å². The predicted molar refractivity (Wildman–Crippen MR) is 82.7 cm³/mol. The van der Waals surface area contributed by atoms with E-state index in [0.717, 1.165) is 6.08 Å². The number of amides is 2. The molecule has 0 aliphatic heterocycles. The molecule has 23 heavy (non-hydrogen) atoms. The summed E-state index contributed by atoms with van der Waals surface area (Å²) in [4.78, 5) is 34.4. The van der Waals surface area contributed by atoms with Gasteiger partial charge in [0.15, 0.2) is 6.61 Å². The number of likely N-dealkylation sites (N-methyl/N-ethyl adjacent to an activating group) is 1. The highest BCUT2D eigenvalue weighted by molar-refractivity contribution is 5.91. The van der Waals surface area contributed by atoms with E-state index in [1.54, 1.807) is 13.0 Å². The van der Waals surface area contributed by atoms with Gasteiger partial charge in [0.2, 0.25) is 5.91 Å². The van der Waals surface area contributed by atoms with Gasteiger partial charge in [0.05, 0.1) is 0 Å². The number of ether oxygens (including phenoxy) is 1. The summed E-state index contributed by atoms with van der Waals surface area (Å²) < 4.78 is 17.7. The van der Waals surface area contributed by atoms with Crippen LogP contribution in [0.1, 0.15) is 19.4 Å². The Morgan fingerprint density at radius 2 is 2.09 bits per heavy atom. The van der Waals surface area contributed by atoms with Crippen molar-refractivity contribution in [2.24, 2.45) is 0 Å². The molecule has 6 nitrogen and oxygen atoms in total. The molecular formula is C16H19FN2O4. The van der Waals surface area contributed by atoms with E-state index in [1.165, 1.54) is 31.2 Å². The van der Waals surface area contributed by atoms with Gasteiger partial charge in [0, 0.05) is 12.6 Å². The fraction of sp³-hybridized carbons (Fsp3) is 0.312. The lowest BCUT2D eigenvalue weighted by atomic mass is 10.2. The molecule has 0 aliphatic carbocycles. The van der Waals surface area contributed by atoms with Crippen molar-refractivity contribution >= 4 is 23.9 Å². The molecule has 1 rings (SSSR count). The first-order valence-electron chi connectivity index (χ1n) is 7.10. The number of hydrogen-bond donors (Lipinski definition) is 2. The van der Waals surface area contributed by atoms with Gasteiger partial charge >= 0.3 is 5.97 Å². The monoisotopic (exact) mass is 322 g/mol. The molecule has 0 heterocycles. The molecule has 0 radical (unpaired) electrons. The Kier molecular flexibility index (Phi) is 7.45. The summed E-state index contributed by atoms with van der Waals surface area (Å²) in [6.45, 7) is 3.24. The molecule has 7 heteroatoms. The van der Waals surface area contributed by atoms with Gasteiger partial charge in [-0.25, -0.2) is 9.18 Å². The first-order chi connectivity index (χ1) is 10.9. The van der Waals surface area contributed by atoms with Gasteiger partial charge in [-0.15, -0.1) is 0 Å². The second-order valence-electron chi connectivity index (χ2n) is 4.68. The average molecular weight is 322 g/mol. The smallest absolute Gasteiger partial charge is 0.331 e. The van der Waals surface area contributed by atoms with Crippen LogP contribution >= 0.6 is 0 Å². The number of esters is 1. The quantitative estimate of drug-likeness (QED) is 0.580. The Morgan fingerprint density at radius 1 is 1.35 bits per heavy atom. The number of benzene rings is 1. The van der Waals surface area contributed by atoms with Crippen molar-refractivity contribution in [3.05, 3.63) is 41.7 Å². The van der Waals surface area contributed by atoms with Crippen LogP contribution in [0, 0.1) is 5.82 Å². The Morgan fingerprint density at radius 3 is 2.74 bits per heavy atom. The summed E-state index contributed by atoms with van der Waals surface area (Å²) in [6.07, 6.45) is 2.47. The molecule has 0 aliphatic rings. The van der Waals surface area contributed by atoms with E-state index in [0.29, 0.717) is 12.1 Å². The summed E-state index contributed by atoms with van der Waals surface area (Å²) in [6, 6.07) is 4.95. The Hall–Kier alpha value is -2.70. The molecule has 2 amide bonds. The zero-order chi connectivity index (χ0) is 17.2. The van der Waals surface area contributed by atoms with Crippen LogP contribution in [0.2, 0.25) is 0 Å². The number of carbonyl (C=O) groups excluding carboxylic acids is 3. The van der Waals surface area contributed by atoms with E-state index >= 15 is 0 Å². The third-order valence-electron chi connectivity index (χ3n) is 2.73. The number of hydrogen-bond acceptors (Lipinski definition) is 4. The van der Waals surface area contributed by atoms with Crippen LogP contribution in [-0.4, -0.2) is 37.0 Å². The largest absolute Gasteiger partial charge is 0.452 e. The third-order valence-corrected chi connectivity index (χ3v) is 2.73. The average Bonchev–Trinajstić information content (AvgIpc) is 2.51. The number of carbonyl (C=O) groups is 3. The zero-order valence-corrected chi connectivity index (χ0v) is 13.0. The highest BCUT2D eigenvalue weighted by Crippen LogP contribution is 2.05. The summed E-state index contributed by atoms with van der Waals surface area (Å²) in [5, 5.41) is 4.95. The van der Waals surface area contributed by atoms with Crippen molar-refractivity contribution in [2.75, 3.05) is 13.2 Å². The molecule has 124 valence electrons. The lowest BCUT2D eigenvalue weighted by Crippen LogP contribution is -2.46. The van der Waals surface area contributed by atoms with Gasteiger partial charge in [-0.2, -0.15) is 0 Å². The molecule has 2 N–H and O–H groups in total. The minimum Gasteiger partial charge on any atom is -0.452 e. The molecule has 0 unspecified atom stereocenters. The first kappa shape index (κ1) is 18.3. The van der Waals surface area contributed by atoms with Crippen molar-refractivity contribution < 1.29 is 23.5 Å². The summed E-state index contributed by atoms with van der Waals surface area (Å²) >= 11 is 0. The molecule has 1 aromatic rings. The van der Waals surface area contributed by atoms with Crippen molar-refractivity contribution in [3.8, 4) is 0 Å². The van der Waals surface area contributed by atoms with Crippen molar-refractivity contribution in [2.45, 2.75) is 19.9 Å². The fourth-order valence-electron chi connectivity index (χ4n) is 1.64. The van der Waals surface area contributed by atoms with E-state index in [-0.39, 0.29) is 5.91 Å². The van der Waals surface area contributed by atoms with Crippen LogP contribution in [0.5, 0.6) is 0 Å². The third kappa shape index (κ3) is 7.21. The van der Waals surface area contributed by atoms with Gasteiger partial charge in [-0.3, -0.25) is 9.59 Å². The van der Waals surface area contributed by atoms with Crippen molar-refractivity contribution in [1.82, 2.24) is 10.6 Å². The van der Waals surface area contributed by atoms with E-state index in [9.17, 15) is 18.8 Å². The molecular weight excluding hydrogens is 303 g/mol. The fourth-order valence-corrected chi connectivity index (χ4v) is 1.64. The Balaban J connectivity index is 2.38. The molecule has 0 bridgehead atoms. The molecule has 0 aromatic heterocycles. The summed E-state index contributed by atoms with van der Waals surface area (Å²) in [7, 11) is 0. The maximum atomic E-state index is 13.0. The normalized spacial score (nSPS) is 11.8. The SMILES string of the molecule is CCNC(=O)[C@H](C)NC(=O)COC(=O)/C=C/c1cccc(F)c1. The molecule has 1 atom stereocenters. The Bertz CT molecular complexity index is 601. The molecule has 0 spiro atoms. The maximum Gasteiger partial charge on any atom is 0.331 e. The van der Waals surface area contributed by atoms with Crippen molar-refractivity contribution in [1.29, 1.82) is 0 Å². The van der Waals surface area contributed by atoms with Crippen molar-refractivity contribution in [3.63, 3.8) is 0 Å². The molecule has 0 saturated carbocycles. The summed E-state index contributed by atoms with van der Waals surface area (Å²) in [5.41, 5.74) is 0.497. The highest BCUT2D eigenvalue weighted by Gasteiger charge is 2.15. The minimum atomic E-state index is -0.741. The Labute approximate surface area is 133 Å². The van der Waals surface area contributed by atoms with E-state index in [2.05, 4.69) is 10.6 Å². The van der Waals surface area contributed by atoms with E-state index in [4.69, 9.17) is 4.74 Å². The second-order valence-corrected chi connectivity index (χ2v) is 4.68. The van der Waals surface area contributed by atoms with E-state index < -0.39 is 30.3 Å². The zero-order valence-electron chi connectivity index (χ0n) is 13.0. The highest BCUT2D eigenvalue weighted by atomic mass is 19.1. The van der Waals surface area contributed by atoms with Crippen LogP contribution in [0.25, 0.3) is 6.08 Å². The predicted octanol–water partition coefficient (Wildman–Crippen LogP) is 1.02. The lowest BCUT2D eigenvalue weighted by Gasteiger charge is -2.12. The minimum absolute atomic E-state index is 0.321. The standard InChI is InChI=1S/C16H19FN2O4/c1-3-18-16(22)11(2)19-14(20)10-23-15(21)8-7-12-5-4-6-13(17)9-12/h4-9,11H,3,10H2,1-2H3,(H,18,22)(H,19,20)/b8-7+/t11-/m0/s1. The van der Waals surface area contributed by atoms with Crippen LogP contribution in [0.3, 0.4) is 0 Å². The van der Waals surface area contributed by atoms with Gasteiger partial charge in [-0.1, -0.05) is 12.1 Å². The number of halogens is 1. The second kappa shape index (κ2) is 9.34. The summed E-state index contributed by atoms with van der Waals surface area (Å²) in [5.74, 6) is -2.07. The maximum absolute atomic E-state index is 13.0. The number of rotatable bonds is 7. The topological polar surface area (TPSA) is 84.5 Å². The van der Waals surface area contributed by atoms with Gasteiger partial charge in [0.1, 0.15) is 11.9 Å². The van der Waals surface area contributed by atoms with Gasteiger partial charge < -0.3 is 15.4 Å². The molecule has 1 aromatic carbocycles. The molecule has 0 saturated heterocycles. The van der Waals surface area contributed by atoms with Crippen LogP contribution in [0.4, 0.5) is 4.39 Å². The lowest BCUT2D eigenvalue weighted by molar-refractivity contribution is -0.144. The molecule has 0 fully saturated rings. The van der Waals surface area contributed by atoms with Crippen LogP contribution in [-0.2, 0) is 19.1 Å². The van der Waals surface area contributed by atoms with Gasteiger partial charge in [0.25, 0.3) is 5.91 Å². The first-order valence-corrected chi connectivity index (χ1v) is 7.10.